The monoisotopic (exact) mass is 491 g/mol. The number of rotatable bonds is 8. The average Bonchev–Trinajstić information content (AvgIpc) is 2.70. The Morgan fingerprint density at radius 1 is 1.00 bits per heavy atom. The first-order chi connectivity index (χ1) is 13.9. The third-order valence-electron chi connectivity index (χ3n) is 3.77. The Morgan fingerprint density at radius 3 is 2.38 bits per heavy atom. The molecule has 2 N–H and O–H groups in total. The molecule has 0 fully saturated rings. The first-order valence-corrected chi connectivity index (χ1v) is 12.0. The van der Waals surface area contributed by atoms with E-state index in [0.717, 1.165) is 15.8 Å². The van der Waals surface area contributed by atoms with Gasteiger partial charge in [0.1, 0.15) is 5.82 Å². The number of benzene rings is 2. The van der Waals surface area contributed by atoms with Crippen LogP contribution in [0.5, 0.6) is 0 Å². The van der Waals surface area contributed by atoms with Gasteiger partial charge in [0.15, 0.2) is 0 Å². The molecule has 0 spiro atoms. The van der Waals surface area contributed by atoms with Gasteiger partial charge < -0.3 is 5.32 Å². The Morgan fingerprint density at radius 2 is 1.72 bits per heavy atom. The van der Waals surface area contributed by atoms with Gasteiger partial charge in [-0.25, -0.2) is 13.4 Å². The molecule has 3 aromatic rings. The normalized spacial score (nSPS) is 11.1. The molecule has 1 amide bonds. The van der Waals surface area contributed by atoms with Gasteiger partial charge in [-0.15, -0.1) is 11.8 Å². The van der Waals surface area contributed by atoms with Crippen molar-refractivity contribution >= 4 is 55.1 Å². The summed E-state index contributed by atoms with van der Waals surface area (Å²) in [5, 5.41) is 2.77. The van der Waals surface area contributed by atoms with E-state index in [2.05, 4.69) is 31.0 Å². The van der Waals surface area contributed by atoms with Crippen LogP contribution in [0.4, 0.5) is 11.5 Å². The van der Waals surface area contributed by atoms with Crippen LogP contribution in [-0.4, -0.2) is 25.1 Å². The minimum Gasteiger partial charge on any atom is -0.325 e. The lowest BCUT2D eigenvalue weighted by Crippen LogP contribution is -2.15. The van der Waals surface area contributed by atoms with E-state index in [0.29, 0.717) is 11.4 Å². The molecule has 0 saturated heterocycles. The molecule has 0 atom stereocenters. The number of pyridine rings is 1. The second-order valence-electron chi connectivity index (χ2n) is 6.01. The first kappa shape index (κ1) is 21.4. The molecule has 0 radical (unpaired) electrons. The number of nitrogens with one attached hydrogen (secondary N) is 2. The van der Waals surface area contributed by atoms with Gasteiger partial charge in [-0.1, -0.05) is 34.1 Å². The van der Waals surface area contributed by atoms with E-state index in [4.69, 9.17) is 0 Å². The third-order valence-corrected chi connectivity index (χ3v) is 6.67. The average molecular weight is 492 g/mol. The van der Waals surface area contributed by atoms with Crippen LogP contribution in [0, 0.1) is 0 Å². The van der Waals surface area contributed by atoms with Gasteiger partial charge in [0, 0.05) is 22.1 Å². The van der Waals surface area contributed by atoms with Crippen LogP contribution in [-0.2, 0) is 20.6 Å². The van der Waals surface area contributed by atoms with Crippen molar-refractivity contribution in [1.29, 1.82) is 0 Å². The highest BCUT2D eigenvalue weighted by Gasteiger charge is 2.14. The molecule has 1 aromatic heterocycles. The number of amides is 1. The van der Waals surface area contributed by atoms with Gasteiger partial charge in [-0.3, -0.25) is 9.52 Å². The summed E-state index contributed by atoms with van der Waals surface area (Å²) in [5.74, 6) is 1.14. The lowest BCUT2D eigenvalue weighted by Gasteiger charge is -2.09. The second-order valence-corrected chi connectivity index (χ2v) is 9.60. The van der Waals surface area contributed by atoms with Gasteiger partial charge in [0.05, 0.1) is 10.6 Å². The molecule has 6 nitrogen and oxygen atoms in total. The van der Waals surface area contributed by atoms with Gasteiger partial charge in [-0.2, -0.15) is 0 Å². The van der Waals surface area contributed by atoms with Crippen LogP contribution >= 0.6 is 27.7 Å². The van der Waals surface area contributed by atoms with Gasteiger partial charge >= 0.3 is 0 Å². The molecule has 29 heavy (non-hydrogen) atoms. The van der Waals surface area contributed by atoms with Crippen molar-refractivity contribution < 1.29 is 13.2 Å². The number of halogens is 1. The predicted molar refractivity (Wildman–Crippen MR) is 120 cm³/mol. The highest BCUT2D eigenvalue weighted by atomic mass is 79.9. The molecule has 3 rings (SSSR count). The third kappa shape index (κ3) is 6.59. The van der Waals surface area contributed by atoms with E-state index in [1.807, 2.05) is 24.3 Å². The van der Waals surface area contributed by atoms with Crippen molar-refractivity contribution in [2.45, 2.75) is 10.6 Å². The highest BCUT2D eigenvalue weighted by molar-refractivity contribution is 9.10. The molecule has 2 aromatic carbocycles. The molecule has 150 valence electrons. The minimum absolute atomic E-state index is 0.0887. The number of thioether (sulfide) groups is 1. The second kappa shape index (κ2) is 9.91. The Bertz CT molecular complexity index is 1060. The zero-order chi connectivity index (χ0) is 20.7. The number of sulfonamides is 1. The van der Waals surface area contributed by atoms with Crippen LogP contribution in [0.1, 0.15) is 5.56 Å². The zero-order valence-electron chi connectivity index (χ0n) is 15.2. The maximum atomic E-state index is 12.4. The largest absolute Gasteiger partial charge is 0.325 e. The van der Waals surface area contributed by atoms with Crippen molar-refractivity contribution in [3.8, 4) is 0 Å². The van der Waals surface area contributed by atoms with Crippen molar-refractivity contribution in [1.82, 2.24) is 4.98 Å². The van der Waals surface area contributed by atoms with Crippen LogP contribution in [0.2, 0.25) is 0 Å². The summed E-state index contributed by atoms with van der Waals surface area (Å²) in [6.45, 7) is 0. The molecule has 0 aliphatic heterocycles. The predicted octanol–water partition coefficient (Wildman–Crippen LogP) is 4.52. The number of nitrogens with zero attached hydrogens (tertiary/aromatic N) is 1. The Kier molecular flexibility index (Phi) is 7.29. The highest BCUT2D eigenvalue weighted by Crippen LogP contribution is 2.19. The number of carbonyl (C=O) groups is 1. The maximum absolute atomic E-state index is 12.4. The van der Waals surface area contributed by atoms with E-state index in [9.17, 15) is 13.2 Å². The van der Waals surface area contributed by atoms with Crippen molar-refractivity contribution in [2.24, 2.45) is 0 Å². The Balaban J connectivity index is 1.51. The molecule has 0 aliphatic rings. The summed E-state index contributed by atoms with van der Waals surface area (Å²) in [5.41, 5.74) is 1.68. The standard InChI is InChI=1S/C20H18BrN3O3S2/c21-16-6-4-15(5-7-16)13-28-14-20(25)23-17-8-10-18(11-9-17)29(26,27)24-19-3-1-2-12-22-19/h1-12H,13-14H2,(H,22,24)(H,23,25). The summed E-state index contributed by atoms with van der Waals surface area (Å²) in [6, 6.07) is 18.9. The number of hydrogen-bond acceptors (Lipinski definition) is 5. The summed E-state index contributed by atoms with van der Waals surface area (Å²) in [4.78, 5) is 16.1. The number of anilines is 2. The summed E-state index contributed by atoms with van der Waals surface area (Å²) >= 11 is 4.90. The van der Waals surface area contributed by atoms with Crippen LogP contribution in [0.25, 0.3) is 0 Å². The van der Waals surface area contributed by atoms with Gasteiger partial charge in [0.2, 0.25) is 5.91 Å². The van der Waals surface area contributed by atoms with E-state index >= 15 is 0 Å². The van der Waals surface area contributed by atoms with E-state index in [1.165, 1.54) is 30.1 Å². The fourth-order valence-corrected chi connectivity index (χ4v) is 4.44. The van der Waals surface area contributed by atoms with Crippen LogP contribution in [0.15, 0.2) is 82.3 Å². The first-order valence-electron chi connectivity index (χ1n) is 8.58. The minimum atomic E-state index is -3.74. The topological polar surface area (TPSA) is 88.2 Å². The number of carbonyl (C=O) groups excluding carboxylic acids is 1. The molecular weight excluding hydrogens is 474 g/mol. The fourth-order valence-electron chi connectivity index (χ4n) is 2.38. The Hall–Kier alpha value is -2.36. The van der Waals surface area contributed by atoms with E-state index in [1.54, 1.807) is 30.3 Å². The van der Waals surface area contributed by atoms with Gasteiger partial charge in [0.25, 0.3) is 10.0 Å². The lowest BCUT2D eigenvalue weighted by molar-refractivity contribution is -0.113. The molecule has 0 unspecified atom stereocenters. The molecule has 0 saturated carbocycles. The summed E-state index contributed by atoms with van der Waals surface area (Å²) in [7, 11) is -3.74. The number of aromatic nitrogens is 1. The molecule has 1 heterocycles. The van der Waals surface area contributed by atoms with Crippen molar-refractivity contribution in [3.63, 3.8) is 0 Å². The SMILES string of the molecule is O=C(CSCc1ccc(Br)cc1)Nc1ccc(S(=O)(=O)Nc2ccccn2)cc1. The molecule has 9 heteroatoms. The van der Waals surface area contributed by atoms with E-state index < -0.39 is 10.0 Å². The van der Waals surface area contributed by atoms with Gasteiger partial charge in [-0.05, 0) is 54.1 Å². The molecule has 0 aliphatic carbocycles. The maximum Gasteiger partial charge on any atom is 0.263 e. The zero-order valence-corrected chi connectivity index (χ0v) is 18.4. The summed E-state index contributed by atoms with van der Waals surface area (Å²) in [6.07, 6.45) is 1.51. The lowest BCUT2D eigenvalue weighted by atomic mass is 10.2. The quantitative estimate of drug-likeness (QED) is 0.483. The smallest absolute Gasteiger partial charge is 0.263 e. The molecule has 0 bridgehead atoms. The van der Waals surface area contributed by atoms with E-state index in [-0.39, 0.29) is 16.6 Å². The fraction of sp³-hybridized carbons (Fsp3) is 0.100. The number of hydrogen-bond donors (Lipinski definition) is 2. The van der Waals surface area contributed by atoms with Crippen LogP contribution < -0.4 is 10.0 Å². The van der Waals surface area contributed by atoms with Crippen LogP contribution in [0.3, 0.4) is 0 Å². The molecular formula is C20H18BrN3O3S2. The van der Waals surface area contributed by atoms with Crippen molar-refractivity contribution in [2.75, 3.05) is 15.8 Å². The van der Waals surface area contributed by atoms with Crippen molar-refractivity contribution in [3.05, 3.63) is 83.0 Å². The summed E-state index contributed by atoms with van der Waals surface area (Å²) < 4.78 is 28.2. The Labute approximate surface area is 182 Å².